The molecule has 0 aliphatic carbocycles. The summed E-state index contributed by atoms with van der Waals surface area (Å²) < 4.78 is 6.31. The van der Waals surface area contributed by atoms with Crippen LogP contribution in [0.15, 0.2) is 28.7 Å². The molecule has 5 nitrogen and oxygen atoms in total. The number of halogens is 1. The lowest BCUT2D eigenvalue weighted by Gasteiger charge is -2.16. The van der Waals surface area contributed by atoms with Gasteiger partial charge in [-0.1, -0.05) is 15.9 Å². The van der Waals surface area contributed by atoms with Crippen LogP contribution in [0.25, 0.3) is 0 Å². The van der Waals surface area contributed by atoms with Gasteiger partial charge in [0.1, 0.15) is 5.75 Å². The van der Waals surface area contributed by atoms with Gasteiger partial charge < -0.3 is 14.7 Å². The van der Waals surface area contributed by atoms with Crippen molar-refractivity contribution in [3.8, 4) is 5.75 Å². The number of hydrogen-bond donors (Lipinski definition) is 1. The lowest BCUT2D eigenvalue weighted by Crippen LogP contribution is -2.33. The molecular weight excluding hydrogens is 314 g/mol. The van der Waals surface area contributed by atoms with E-state index in [4.69, 9.17) is 9.84 Å². The highest BCUT2D eigenvalue weighted by molar-refractivity contribution is 9.10. The normalized spacial score (nSPS) is 18.4. The summed E-state index contributed by atoms with van der Waals surface area (Å²) in [5.41, 5.74) is 0. The average molecular weight is 328 g/mol. The van der Waals surface area contributed by atoms with Crippen molar-refractivity contribution < 1.29 is 19.4 Å². The van der Waals surface area contributed by atoms with Crippen molar-refractivity contribution in [3.05, 3.63) is 28.7 Å². The molecule has 1 aromatic rings. The molecule has 1 fully saturated rings. The van der Waals surface area contributed by atoms with Crippen molar-refractivity contribution in [3.63, 3.8) is 0 Å². The Bertz CT molecular complexity index is 474. The van der Waals surface area contributed by atoms with Crippen LogP contribution in [0.5, 0.6) is 5.75 Å². The highest BCUT2D eigenvalue weighted by Gasteiger charge is 2.30. The predicted octanol–water partition coefficient (Wildman–Crippen LogP) is 1.76. The molecule has 1 atom stereocenters. The van der Waals surface area contributed by atoms with Crippen LogP contribution >= 0.6 is 15.9 Å². The number of hydrogen-bond acceptors (Lipinski definition) is 3. The first-order valence-corrected chi connectivity index (χ1v) is 6.74. The zero-order valence-corrected chi connectivity index (χ0v) is 11.8. The van der Waals surface area contributed by atoms with E-state index >= 15 is 0 Å². The Morgan fingerprint density at radius 1 is 1.37 bits per heavy atom. The number of aliphatic carboxylic acids is 1. The molecule has 0 saturated carbocycles. The molecule has 1 aliphatic heterocycles. The zero-order valence-electron chi connectivity index (χ0n) is 10.2. The van der Waals surface area contributed by atoms with Crippen LogP contribution in [0.2, 0.25) is 0 Å². The fourth-order valence-corrected chi connectivity index (χ4v) is 2.22. The van der Waals surface area contributed by atoms with E-state index in [0.717, 1.165) is 4.47 Å². The summed E-state index contributed by atoms with van der Waals surface area (Å²) in [5, 5.41) is 8.87. The summed E-state index contributed by atoms with van der Waals surface area (Å²) >= 11 is 3.31. The SMILES string of the molecule is O=C(O)[C@H]1CCN(C(=O)COc2ccc(Br)cc2)C1. The van der Waals surface area contributed by atoms with Crippen LogP contribution in [0.3, 0.4) is 0 Å². The van der Waals surface area contributed by atoms with E-state index in [1.807, 2.05) is 12.1 Å². The van der Waals surface area contributed by atoms with Gasteiger partial charge in [-0.15, -0.1) is 0 Å². The summed E-state index contributed by atoms with van der Waals surface area (Å²) in [7, 11) is 0. The molecular formula is C13H14BrNO4. The second-order valence-electron chi connectivity index (χ2n) is 4.41. The summed E-state index contributed by atoms with van der Waals surface area (Å²) in [4.78, 5) is 24.2. The lowest BCUT2D eigenvalue weighted by atomic mass is 10.1. The van der Waals surface area contributed by atoms with Crippen molar-refractivity contribution in [2.45, 2.75) is 6.42 Å². The molecule has 0 unspecified atom stereocenters. The van der Waals surface area contributed by atoms with Crippen molar-refractivity contribution in [2.75, 3.05) is 19.7 Å². The second-order valence-corrected chi connectivity index (χ2v) is 5.32. The third kappa shape index (κ3) is 3.70. The van der Waals surface area contributed by atoms with E-state index < -0.39 is 11.9 Å². The van der Waals surface area contributed by atoms with Gasteiger partial charge in [0.25, 0.3) is 5.91 Å². The van der Waals surface area contributed by atoms with E-state index in [-0.39, 0.29) is 19.1 Å². The molecule has 0 bridgehead atoms. The quantitative estimate of drug-likeness (QED) is 0.915. The minimum atomic E-state index is -0.843. The summed E-state index contributed by atoms with van der Waals surface area (Å²) in [6.45, 7) is 0.700. The van der Waals surface area contributed by atoms with Gasteiger partial charge in [-0.2, -0.15) is 0 Å². The maximum absolute atomic E-state index is 11.9. The lowest BCUT2D eigenvalue weighted by molar-refractivity contribution is -0.141. The van der Waals surface area contributed by atoms with Gasteiger partial charge in [-0.3, -0.25) is 9.59 Å². The zero-order chi connectivity index (χ0) is 13.8. The maximum Gasteiger partial charge on any atom is 0.308 e. The molecule has 6 heteroatoms. The third-order valence-electron chi connectivity index (χ3n) is 3.07. The Morgan fingerprint density at radius 3 is 2.63 bits per heavy atom. The Morgan fingerprint density at radius 2 is 2.05 bits per heavy atom. The molecule has 0 radical (unpaired) electrons. The number of ether oxygens (including phenoxy) is 1. The highest BCUT2D eigenvalue weighted by Crippen LogP contribution is 2.18. The van der Waals surface area contributed by atoms with E-state index in [9.17, 15) is 9.59 Å². The maximum atomic E-state index is 11.9. The summed E-state index contributed by atoms with van der Waals surface area (Å²) in [6, 6.07) is 7.19. The fraction of sp³-hybridized carbons (Fsp3) is 0.385. The molecule has 1 aromatic carbocycles. The van der Waals surface area contributed by atoms with E-state index in [1.54, 1.807) is 12.1 Å². The Hall–Kier alpha value is -1.56. The van der Waals surface area contributed by atoms with E-state index in [1.165, 1.54) is 4.90 Å². The van der Waals surface area contributed by atoms with Crippen molar-refractivity contribution >= 4 is 27.8 Å². The Balaban J connectivity index is 1.82. The van der Waals surface area contributed by atoms with Gasteiger partial charge >= 0.3 is 5.97 Å². The monoisotopic (exact) mass is 327 g/mol. The second kappa shape index (κ2) is 6.06. The first-order chi connectivity index (χ1) is 9.06. The van der Waals surface area contributed by atoms with E-state index in [2.05, 4.69) is 15.9 Å². The van der Waals surface area contributed by atoms with Crippen molar-refractivity contribution in [1.29, 1.82) is 0 Å². The van der Waals surface area contributed by atoms with Gasteiger partial charge in [-0.25, -0.2) is 0 Å². The number of carbonyl (C=O) groups is 2. The molecule has 1 heterocycles. The molecule has 1 aliphatic rings. The molecule has 102 valence electrons. The van der Waals surface area contributed by atoms with Crippen LogP contribution in [-0.2, 0) is 9.59 Å². The van der Waals surface area contributed by atoms with Crippen LogP contribution < -0.4 is 4.74 Å². The Kier molecular flexibility index (Phi) is 4.42. The summed E-state index contributed by atoms with van der Waals surface area (Å²) in [5.74, 6) is -0.849. The number of rotatable bonds is 4. The molecule has 1 saturated heterocycles. The molecule has 0 aromatic heterocycles. The molecule has 1 N–H and O–H groups in total. The number of carbonyl (C=O) groups excluding carboxylic acids is 1. The van der Waals surface area contributed by atoms with Crippen molar-refractivity contribution in [1.82, 2.24) is 4.90 Å². The van der Waals surface area contributed by atoms with Crippen LogP contribution in [-0.4, -0.2) is 41.6 Å². The number of nitrogens with zero attached hydrogens (tertiary/aromatic N) is 1. The number of benzene rings is 1. The Labute approximate surface area is 119 Å². The van der Waals surface area contributed by atoms with Gasteiger partial charge in [0.05, 0.1) is 5.92 Å². The number of amides is 1. The smallest absolute Gasteiger partial charge is 0.308 e. The van der Waals surface area contributed by atoms with Crippen molar-refractivity contribution in [2.24, 2.45) is 5.92 Å². The van der Waals surface area contributed by atoms with E-state index in [0.29, 0.717) is 18.7 Å². The van der Waals surface area contributed by atoms with Crippen LogP contribution in [0.1, 0.15) is 6.42 Å². The van der Waals surface area contributed by atoms with Gasteiger partial charge in [0, 0.05) is 17.6 Å². The van der Waals surface area contributed by atoms with Gasteiger partial charge in [-0.05, 0) is 30.7 Å². The topological polar surface area (TPSA) is 66.8 Å². The van der Waals surface area contributed by atoms with Crippen LogP contribution in [0, 0.1) is 5.92 Å². The first-order valence-electron chi connectivity index (χ1n) is 5.95. The highest BCUT2D eigenvalue weighted by atomic mass is 79.9. The average Bonchev–Trinajstić information content (AvgIpc) is 2.87. The minimum Gasteiger partial charge on any atom is -0.484 e. The largest absolute Gasteiger partial charge is 0.484 e. The number of carboxylic acids is 1. The third-order valence-corrected chi connectivity index (χ3v) is 3.59. The minimum absolute atomic E-state index is 0.0615. The fourth-order valence-electron chi connectivity index (χ4n) is 1.96. The summed E-state index contributed by atoms with van der Waals surface area (Å²) in [6.07, 6.45) is 0.513. The molecule has 0 spiro atoms. The number of carboxylic acid groups (broad SMARTS) is 1. The molecule has 19 heavy (non-hydrogen) atoms. The predicted molar refractivity (Wildman–Crippen MR) is 72.0 cm³/mol. The number of likely N-dealkylation sites (tertiary alicyclic amines) is 1. The van der Waals surface area contributed by atoms with Crippen LogP contribution in [0.4, 0.5) is 0 Å². The standard InChI is InChI=1S/C13H14BrNO4/c14-10-1-3-11(4-2-10)19-8-12(16)15-6-5-9(7-15)13(17)18/h1-4,9H,5-8H2,(H,17,18)/t9-/m0/s1. The molecule has 2 rings (SSSR count). The van der Waals surface area contributed by atoms with Gasteiger partial charge in [0.2, 0.25) is 0 Å². The van der Waals surface area contributed by atoms with Gasteiger partial charge in [0.15, 0.2) is 6.61 Å². The first kappa shape index (κ1) is 13.9. The molecule has 1 amide bonds.